The van der Waals surface area contributed by atoms with Gasteiger partial charge in [0.25, 0.3) is 11.8 Å². The van der Waals surface area contributed by atoms with Crippen LogP contribution in [0.25, 0.3) is 0 Å². The number of hydrogen-bond acceptors (Lipinski definition) is 7. The van der Waals surface area contributed by atoms with Crippen molar-refractivity contribution in [3.63, 3.8) is 0 Å². The third-order valence-electron chi connectivity index (χ3n) is 6.32. The Bertz CT molecular complexity index is 918. The molecule has 4 rings (SSSR count). The first-order valence-electron chi connectivity index (χ1n) is 11.4. The third-order valence-corrected chi connectivity index (χ3v) is 6.32. The van der Waals surface area contributed by atoms with Gasteiger partial charge in [-0.3, -0.25) is 34.3 Å². The van der Waals surface area contributed by atoms with E-state index in [0.29, 0.717) is 12.4 Å². The topological polar surface area (TPSA) is 99.3 Å². The molecule has 3 heterocycles. The molecule has 1 atom stereocenters. The number of ether oxygens (including phenoxy) is 1. The van der Waals surface area contributed by atoms with Gasteiger partial charge in [-0.2, -0.15) is 0 Å². The molecule has 4 amide bonds. The summed E-state index contributed by atoms with van der Waals surface area (Å²) in [5.41, 5.74) is 0.439. The van der Waals surface area contributed by atoms with Crippen LogP contribution in [0, 0.1) is 0 Å². The van der Waals surface area contributed by atoms with Gasteiger partial charge < -0.3 is 9.64 Å². The lowest BCUT2D eigenvalue weighted by atomic mass is 10.0. The summed E-state index contributed by atoms with van der Waals surface area (Å²) >= 11 is 0. The number of imide groups is 2. The van der Waals surface area contributed by atoms with E-state index in [4.69, 9.17) is 4.74 Å². The minimum absolute atomic E-state index is 0.0959. The monoisotopic (exact) mass is 442 g/mol. The summed E-state index contributed by atoms with van der Waals surface area (Å²) in [6.07, 6.45) is 2.51. The Morgan fingerprint density at radius 2 is 1.75 bits per heavy atom. The van der Waals surface area contributed by atoms with E-state index in [2.05, 4.69) is 22.0 Å². The van der Waals surface area contributed by atoms with E-state index in [1.807, 2.05) is 0 Å². The highest BCUT2D eigenvalue weighted by molar-refractivity contribution is 6.24. The van der Waals surface area contributed by atoms with Crippen molar-refractivity contribution in [2.24, 2.45) is 0 Å². The number of piperidine rings is 1. The molecule has 3 aliphatic rings. The zero-order valence-corrected chi connectivity index (χ0v) is 18.5. The van der Waals surface area contributed by atoms with Crippen LogP contribution in [-0.4, -0.2) is 90.2 Å². The average Bonchev–Trinajstić information content (AvgIpc) is 2.91. The van der Waals surface area contributed by atoms with Crippen molar-refractivity contribution >= 4 is 23.6 Å². The molecule has 1 N–H and O–H groups in total. The standard InChI is InChI=1S/C23H30N4O5/c1-2-9-25-10-4-11-26(13-12-25)14-15-32-18-6-3-5-16-20(18)23(31)27(22(16)30)17-7-8-19(28)24-21(17)29/h3,5-6,17H,2,4,7-15H2,1H3,(H,24,28,29). The van der Waals surface area contributed by atoms with E-state index < -0.39 is 29.7 Å². The molecule has 2 fully saturated rings. The van der Waals surface area contributed by atoms with Gasteiger partial charge in [-0.05, 0) is 51.0 Å². The number of benzene rings is 1. The van der Waals surface area contributed by atoms with Crippen LogP contribution < -0.4 is 10.1 Å². The molecule has 0 bridgehead atoms. The molecule has 1 unspecified atom stereocenters. The number of carbonyl (C=O) groups excluding carboxylic acids is 4. The Morgan fingerprint density at radius 1 is 1.00 bits per heavy atom. The van der Waals surface area contributed by atoms with E-state index in [9.17, 15) is 19.2 Å². The summed E-state index contributed by atoms with van der Waals surface area (Å²) < 4.78 is 5.96. The number of amides is 4. The highest BCUT2D eigenvalue weighted by Gasteiger charge is 2.46. The zero-order valence-electron chi connectivity index (χ0n) is 18.5. The molecular weight excluding hydrogens is 412 g/mol. The van der Waals surface area contributed by atoms with Crippen molar-refractivity contribution in [3.05, 3.63) is 29.3 Å². The summed E-state index contributed by atoms with van der Waals surface area (Å²) in [5.74, 6) is -1.71. The lowest BCUT2D eigenvalue weighted by Gasteiger charge is -2.27. The van der Waals surface area contributed by atoms with Crippen molar-refractivity contribution in [1.82, 2.24) is 20.0 Å². The van der Waals surface area contributed by atoms with Gasteiger partial charge in [-0.25, -0.2) is 0 Å². The van der Waals surface area contributed by atoms with Crippen molar-refractivity contribution in [3.8, 4) is 5.75 Å². The SMILES string of the molecule is CCCN1CCCN(CCOc2cccc3c2C(=O)N(C2CCC(=O)NC2=O)C3=O)CC1. The van der Waals surface area contributed by atoms with Gasteiger partial charge in [0.1, 0.15) is 18.4 Å². The fourth-order valence-corrected chi connectivity index (χ4v) is 4.68. The summed E-state index contributed by atoms with van der Waals surface area (Å²) in [4.78, 5) is 55.5. The summed E-state index contributed by atoms with van der Waals surface area (Å²) in [7, 11) is 0. The van der Waals surface area contributed by atoms with Gasteiger partial charge in [-0.1, -0.05) is 13.0 Å². The first kappa shape index (κ1) is 22.4. The minimum atomic E-state index is -0.976. The highest BCUT2D eigenvalue weighted by atomic mass is 16.5. The van der Waals surface area contributed by atoms with Crippen LogP contribution in [-0.2, 0) is 9.59 Å². The second kappa shape index (κ2) is 9.79. The molecule has 0 aromatic heterocycles. The van der Waals surface area contributed by atoms with Gasteiger partial charge in [0.2, 0.25) is 11.8 Å². The van der Waals surface area contributed by atoms with Crippen LogP contribution in [0.1, 0.15) is 53.3 Å². The van der Waals surface area contributed by atoms with Gasteiger partial charge in [0, 0.05) is 26.1 Å². The summed E-state index contributed by atoms with van der Waals surface area (Å²) in [6.45, 7) is 8.62. The first-order valence-corrected chi connectivity index (χ1v) is 11.4. The van der Waals surface area contributed by atoms with Crippen LogP contribution >= 0.6 is 0 Å². The Kier molecular flexibility index (Phi) is 6.86. The normalized spacial score (nSPS) is 22.7. The second-order valence-corrected chi connectivity index (χ2v) is 8.51. The van der Waals surface area contributed by atoms with Crippen LogP contribution in [0.3, 0.4) is 0 Å². The molecule has 9 heteroatoms. The maximum atomic E-state index is 13.1. The fourth-order valence-electron chi connectivity index (χ4n) is 4.68. The van der Waals surface area contributed by atoms with Crippen LogP contribution in [0.15, 0.2) is 18.2 Å². The lowest BCUT2D eigenvalue weighted by molar-refractivity contribution is -0.136. The molecule has 0 saturated carbocycles. The molecule has 0 aliphatic carbocycles. The van der Waals surface area contributed by atoms with Crippen molar-refractivity contribution < 1.29 is 23.9 Å². The molecule has 32 heavy (non-hydrogen) atoms. The van der Waals surface area contributed by atoms with E-state index in [0.717, 1.165) is 57.0 Å². The maximum absolute atomic E-state index is 13.1. The minimum Gasteiger partial charge on any atom is -0.491 e. The van der Waals surface area contributed by atoms with Crippen molar-refractivity contribution in [2.75, 3.05) is 45.9 Å². The van der Waals surface area contributed by atoms with Gasteiger partial charge >= 0.3 is 0 Å². The number of nitrogens with zero attached hydrogens (tertiary/aromatic N) is 3. The number of carbonyl (C=O) groups is 4. The number of hydrogen-bond donors (Lipinski definition) is 1. The smallest absolute Gasteiger partial charge is 0.266 e. The van der Waals surface area contributed by atoms with Gasteiger partial charge in [-0.15, -0.1) is 0 Å². The molecule has 0 radical (unpaired) electrons. The maximum Gasteiger partial charge on any atom is 0.266 e. The first-order chi connectivity index (χ1) is 15.5. The molecule has 3 aliphatic heterocycles. The number of rotatable bonds is 7. The molecule has 1 aromatic rings. The molecule has 2 saturated heterocycles. The third kappa shape index (κ3) is 4.54. The van der Waals surface area contributed by atoms with Crippen molar-refractivity contribution in [2.45, 2.75) is 38.6 Å². The number of fused-ring (bicyclic) bond motifs is 1. The Labute approximate surface area is 187 Å². The van der Waals surface area contributed by atoms with E-state index in [1.165, 1.54) is 0 Å². The van der Waals surface area contributed by atoms with Crippen molar-refractivity contribution in [1.29, 1.82) is 0 Å². The molecule has 9 nitrogen and oxygen atoms in total. The Morgan fingerprint density at radius 3 is 2.47 bits per heavy atom. The summed E-state index contributed by atoms with van der Waals surface area (Å²) in [6, 6.07) is 3.97. The second-order valence-electron chi connectivity index (χ2n) is 8.51. The largest absolute Gasteiger partial charge is 0.491 e. The van der Waals surface area contributed by atoms with Crippen LogP contribution in [0.2, 0.25) is 0 Å². The molecule has 1 aromatic carbocycles. The summed E-state index contributed by atoms with van der Waals surface area (Å²) in [5, 5.41) is 2.21. The predicted octanol–water partition coefficient (Wildman–Crippen LogP) is 0.884. The Hall–Kier alpha value is -2.78. The molecule has 0 spiro atoms. The molecular formula is C23H30N4O5. The van der Waals surface area contributed by atoms with E-state index >= 15 is 0 Å². The Balaban J connectivity index is 1.40. The average molecular weight is 443 g/mol. The van der Waals surface area contributed by atoms with Gasteiger partial charge in [0.05, 0.1) is 11.1 Å². The van der Waals surface area contributed by atoms with E-state index in [1.54, 1.807) is 18.2 Å². The quantitative estimate of drug-likeness (QED) is 0.626. The number of nitrogens with one attached hydrogen (secondary N) is 1. The van der Waals surface area contributed by atoms with Crippen LogP contribution in [0.5, 0.6) is 5.75 Å². The zero-order chi connectivity index (χ0) is 22.7. The van der Waals surface area contributed by atoms with Gasteiger partial charge in [0.15, 0.2) is 0 Å². The fraction of sp³-hybridized carbons (Fsp3) is 0.565. The van der Waals surface area contributed by atoms with E-state index in [-0.39, 0.29) is 24.0 Å². The predicted molar refractivity (Wildman–Crippen MR) is 116 cm³/mol. The highest BCUT2D eigenvalue weighted by Crippen LogP contribution is 2.33. The molecule has 172 valence electrons. The lowest BCUT2D eigenvalue weighted by Crippen LogP contribution is -2.54. The van der Waals surface area contributed by atoms with Crippen LogP contribution in [0.4, 0.5) is 0 Å².